The summed E-state index contributed by atoms with van der Waals surface area (Å²) in [6.45, 7) is 1.42. The van der Waals surface area contributed by atoms with Gasteiger partial charge in [0.1, 0.15) is 0 Å². The Balaban J connectivity index is 2.06. The van der Waals surface area contributed by atoms with Crippen LogP contribution in [-0.2, 0) is 0 Å². The van der Waals surface area contributed by atoms with Crippen LogP contribution in [0.3, 0.4) is 0 Å². The Labute approximate surface area is 43.3 Å². The highest BCUT2D eigenvalue weighted by atomic mass is 15.3. The number of hydrogen-bond acceptors (Lipinski definition) is 1. The highest BCUT2D eigenvalue weighted by Gasteiger charge is 2.79. The molecule has 2 saturated heterocycles. The number of nitrogens with zero attached hydrogens (tertiary/aromatic N) is 1. The van der Waals surface area contributed by atoms with Gasteiger partial charge in [0.2, 0.25) is 0 Å². The minimum atomic E-state index is 1.07. The lowest BCUT2D eigenvalue weighted by Gasteiger charge is -2.02. The minimum Gasteiger partial charge on any atom is -0.303 e. The maximum atomic E-state index is 2.51. The molecule has 4 atom stereocenters. The summed E-state index contributed by atoms with van der Waals surface area (Å²) in [7, 11) is 2.25. The monoisotopic (exact) mass is 95.1 g/mol. The Hall–Kier alpha value is -0.0400. The molecule has 4 aliphatic rings. The molecule has 0 amide bonds. The molecule has 38 valence electrons. The molecule has 2 saturated carbocycles. The summed E-state index contributed by atoms with van der Waals surface area (Å²) in [5.74, 6) is 3.57. The molecule has 2 aliphatic heterocycles. The summed E-state index contributed by atoms with van der Waals surface area (Å²) in [5, 5.41) is 0. The van der Waals surface area contributed by atoms with Crippen molar-refractivity contribution >= 4 is 0 Å². The van der Waals surface area contributed by atoms with Crippen molar-refractivity contribution in [3.63, 3.8) is 0 Å². The van der Waals surface area contributed by atoms with Gasteiger partial charge in [0.25, 0.3) is 0 Å². The second kappa shape index (κ2) is 0.576. The Morgan fingerprint density at radius 3 is 2.29 bits per heavy atom. The molecule has 2 aliphatic carbocycles. The number of fused-ring (bicyclic) bond motifs is 1. The fourth-order valence-electron chi connectivity index (χ4n) is 2.42. The molecule has 0 aromatic rings. The largest absolute Gasteiger partial charge is 0.303 e. The Morgan fingerprint density at radius 2 is 2.14 bits per heavy atom. The van der Waals surface area contributed by atoms with E-state index in [1.54, 1.807) is 0 Å². The van der Waals surface area contributed by atoms with Gasteiger partial charge >= 0.3 is 0 Å². The maximum Gasteiger partial charge on any atom is 0.0162 e. The van der Waals surface area contributed by atoms with Gasteiger partial charge in [0.05, 0.1) is 0 Å². The Kier molecular flexibility index (Phi) is 0.253. The Bertz CT molecular complexity index is 115. The summed E-state index contributed by atoms with van der Waals surface area (Å²) in [4.78, 5) is 2.51. The molecule has 7 heavy (non-hydrogen) atoms. The molecule has 0 radical (unpaired) electrons. The zero-order valence-electron chi connectivity index (χ0n) is 4.46. The van der Waals surface area contributed by atoms with Crippen molar-refractivity contribution in [2.45, 2.75) is 6.04 Å². The summed E-state index contributed by atoms with van der Waals surface area (Å²) in [5.41, 5.74) is 0. The quantitative estimate of drug-likeness (QED) is 0.415. The van der Waals surface area contributed by atoms with Gasteiger partial charge in [-0.05, 0) is 24.8 Å². The van der Waals surface area contributed by atoms with Crippen molar-refractivity contribution in [1.29, 1.82) is 0 Å². The van der Waals surface area contributed by atoms with Gasteiger partial charge in [0.15, 0.2) is 0 Å². The summed E-state index contributed by atoms with van der Waals surface area (Å²) in [6.07, 6.45) is 0. The van der Waals surface area contributed by atoms with Crippen LogP contribution in [0.1, 0.15) is 0 Å². The lowest BCUT2D eigenvalue weighted by molar-refractivity contribution is 0.395. The molecular formula is C6H9N. The normalized spacial score (nSPS) is 73.3. The molecule has 2 heterocycles. The first kappa shape index (κ1) is 3.08. The van der Waals surface area contributed by atoms with Crippen molar-refractivity contribution in [1.82, 2.24) is 4.90 Å². The van der Waals surface area contributed by atoms with Crippen LogP contribution in [0.15, 0.2) is 0 Å². The fourth-order valence-corrected chi connectivity index (χ4v) is 2.42. The zero-order chi connectivity index (χ0) is 4.59. The topological polar surface area (TPSA) is 3.24 Å². The molecule has 4 fully saturated rings. The van der Waals surface area contributed by atoms with E-state index in [-0.39, 0.29) is 0 Å². The first-order valence-corrected chi connectivity index (χ1v) is 3.10. The van der Waals surface area contributed by atoms with Crippen LogP contribution in [0.25, 0.3) is 0 Å². The van der Waals surface area contributed by atoms with Crippen LogP contribution < -0.4 is 0 Å². The standard InChI is InChI=1S/C6H9N/c1-7-2-3-4-5(3)6(4)7/h3-6H,2H2,1H3/t3?,4-,5?,6?/m0/s1. The molecule has 3 unspecified atom stereocenters. The van der Waals surface area contributed by atoms with E-state index < -0.39 is 0 Å². The summed E-state index contributed by atoms with van der Waals surface area (Å²) < 4.78 is 0. The molecular weight excluding hydrogens is 86.1 g/mol. The second-order valence-corrected chi connectivity index (χ2v) is 3.25. The van der Waals surface area contributed by atoms with Crippen molar-refractivity contribution in [3.05, 3.63) is 0 Å². The van der Waals surface area contributed by atoms with Gasteiger partial charge in [0, 0.05) is 12.6 Å². The van der Waals surface area contributed by atoms with E-state index in [1.807, 2.05) is 0 Å². The molecule has 0 aromatic heterocycles. The van der Waals surface area contributed by atoms with E-state index in [0.717, 1.165) is 6.04 Å². The summed E-state index contributed by atoms with van der Waals surface area (Å²) >= 11 is 0. The third-order valence-corrected chi connectivity index (χ3v) is 2.95. The minimum absolute atomic E-state index is 1.07. The lowest BCUT2D eigenvalue weighted by Crippen LogP contribution is -2.13. The van der Waals surface area contributed by atoms with Gasteiger partial charge in [-0.15, -0.1) is 0 Å². The van der Waals surface area contributed by atoms with Crippen LogP contribution in [0.2, 0.25) is 0 Å². The molecule has 0 spiro atoms. The van der Waals surface area contributed by atoms with Gasteiger partial charge in [-0.1, -0.05) is 0 Å². The van der Waals surface area contributed by atoms with Crippen LogP contribution in [0.5, 0.6) is 0 Å². The van der Waals surface area contributed by atoms with Crippen LogP contribution in [0, 0.1) is 17.8 Å². The van der Waals surface area contributed by atoms with E-state index in [9.17, 15) is 0 Å². The van der Waals surface area contributed by atoms with Crippen molar-refractivity contribution in [3.8, 4) is 0 Å². The van der Waals surface area contributed by atoms with E-state index in [2.05, 4.69) is 11.9 Å². The van der Waals surface area contributed by atoms with Gasteiger partial charge in [-0.25, -0.2) is 0 Å². The molecule has 0 N–H and O–H groups in total. The van der Waals surface area contributed by atoms with Gasteiger partial charge in [-0.2, -0.15) is 0 Å². The average molecular weight is 95.1 g/mol. The molecule has 1 heteroatoms. The SMILES string of the molecule is CN1CC2C3C1[C@@H]23. The molecule has 0 aromatic carbocycles. The van der Waals surface area contributed by atoms with Gasteiger partial charge in [-0.3, -0.25) is 0 Å². The van der Waals surface area contributed by atoms with Crippen LogP contribution in [0.4, 0.5) is 0 Å². The van der Waals surface area contributed by atoms with Gasteiger partial charge < -0.3 is 4.90 Å². The molecule has 4 rings (SSSR count). The maximum absolute atomic E-state index is 2.51. The van der Waals surface area contributed by atoms with Crippen molar-refractivity contribution < 1.29 is 0 Å². The smallest absolute Gasteiger partial charge is 0.0162 e. The van der Waals surface area contributed by atoms with Crippen molar-refractivity contribution in [2.24, 2.45) is 17.8 Å². The van der Waals surface area contributed by atoms with E-state index in [4.69, 9.17) is 0 Å². The number of rotatable bonds is 0. The summed E-state index contributed by atoms with van der Waals surface area (Å²) in [6, 6.07) is 1.07. The number of piperidine rings is 1. The molecule has 2 bridgehead atoms. The average Bonchev–Trinajstić information content (AvgIpc) is 2.41. The number of hydrogen-bond donors (Lipinski definition) is 0. The van der Waals surface area contributed by atoms with E-state index in [1.165, 1.54) is 24.3 Å². The van der Waals surface area contributed by atoms with E-state index >= 15 is 0 Å². The first-order valence-electron chi connectivity index (χ1n) is 3.10. The lowest BCUT2D eigenvalue weighted by atomic mass is 10.2. The van der Waals surface area contributed by atoms with Crippen LogP contribution in [-0.4, -0.2) is 24.5 Å². The third kappa shape index (κ3) is 0.163. The highest BCUT2D eigenvalue weighted by Crippen LogP contribution is 2.74. The van der Waals surface area contributed by atoms with E-state index in [0.29, 0.717) is 0 Å². The zero-order valence-corrected chi connectivity index (χ0v) is 4.46. The fraction of sp³-hybridized carbons (Fsp3) is 1.00. The first-order chi connectivity index (χ1) is 3.39. The third-order valence-electron chi connectivity index (χ3n) is 2.95. The second-order valence-electron chi connectivity index (χ2n) is 3.25. The van der Waals surface area contributed by atoms with Crippen LogP contribution >= 0.6 is 0 Å². The predicted octanol–water partition coefficient (Wildman–Crippen LogP) is 0.176. The van der Waals surface area contributed by atoms with Crippen molar-refractivity contribution in [2.75, 3.05) is 13.6 Å². The highest BCUT2D eigenvalue weighted by molar-refractivity contribution is 5.30. The molecule has 1 nitrogen and oxygen atoms in total. The predicted molar refractivity (Wildman–Crippen MR) is 26.9 cm³/mol. The Morgan fingerprint density at radius 1 is 1.43 bits per heavy atom.